The lowest BCUT2D eigenvalue weighted by atomic mass is 10.1. The summed E-state index contributed by atoms with van der Waals surface area (Å²) in [5.74, 6) is 0.750. The molecule has 0 aliphatic carbocycles. The number of nitrogens with one attached hydrogen (secondary N) is 1. The SMILES string of the molecule is O=C(NCCSc1ccccc1)c1ccc(CN2CCN(S(=O)(=O)c3ccccc3)CC2)cc1. The molecule has 0 saturated carbocycles. The molecule has 178 valence electrons. The van der Waals surface area contributed by atoms with E-state index in [1.54, 1.807) is 40.3 Å². The quantitative estimate of drug-likeness (QED) is 0.362. The van der Waals surface area contributed by atoms with Crippen LogP contribution >= 0.6 is 11.8 Å². The summed E-state index contributed by atoms with van der Waals surface area (Å²) in [5, 5.41) is 2.97. The molecule has 8 heteroatoms. The van der Waals surface area contributed by atoms with Crippen molar-refractivity contribution in [3.8, 4) is 0 Å². The normalized spacial score (nSPS) is 15.2. The van der Waals surface area contributed by atoms with Gasteiger partial charge in [-0.2, -0.15) is 4.31 Å². The number of carbonyl (C=O) groups is 1. The monoisotopic (exact) mass is 495 g/mol. The summed E-state index contributed by atoms with van der Waals surface area (Å²) >= 11 is 1.72. The summed E-state index contributed by atoms with van der Waals surface area (Å²) < 4.78 is 27.1. The lowest BCUT2D eigenvalue weighted by Crippen LogP contribution is -2.48. The zero-order valence-electron chi connectivity index (χ0n) is 19.0. The van der Waals surface area contributed by atoms with E-state index >= 15 is 0 Å². The fourth-order valence-corrected chi connectivity index (χ4v) is 6.07. The molecule has 1 heterocycles. The van der Waals surface area contributed by atoms with Gasteiger partial charge in [0.05, 0.1) is 4.90 Å². The van der Waals surface area contributed by atoms with Gasteiger partial charge in [0, 0.05) is 55.5 Å². The number of hydrogen-bond donors (Lipinski definition) is 1. The lowest BCUT2D eigenvalue weighted by molar-refractivity contribution is 0.0956. The van der Waals surface area contributed by atoms with Crippen LogP contribution in [-0.2, 0) is 16.6 Å². The molecule has 4 rings (SSSR count). The first kappa shape index (κ1) is 24.5. The molecule has 3 aromatic carbocycles. The molecule has 6 nitrogen and oxygen atoms in total. The summed E-state index contributed by atoms with van der Waals surface area (Å²) in [4.78, 5) is 16.2. The third-order valence-corrected chi connectivity index (χ3v) is 8.66. The van der Waals surface area contributed by atoms with E-state index in [1.165, 1.54) is 4.90 Å². The molecule has 34 heavy (non-hydrogen) atoms. The van der Waals surface area contributed by atoms with Gasteiger partial charge in [0.25, 0.3) is 5.91 Å². The van der Waals surface area contributed by atoms with Gasteiger partial charge in [-0.05, 0) is 42.0 Å². The van der Waals surface area contributed by atoms with E-state index < -0.39 is 10.0 Å². The Morgan fingerprint density at radius 1 is 0.824 bits per heavy atom. The van der Waals surface area contributed by atoms with Gasteiger partial charge in [0.15, 0.2) is 0 Å². The van der Waals surface area contributed by atoms with Crippen LogP contribution in [0.1, 0.15) is 15.9 Å². The Morgan fingerprint density at radius 2 is 1.44 bits per heavy atom. The number of carbonyl (C=O) groups excluding carboxylic acids is 1. The summed E-state index contributed by atoms with van der Waals surface area (Å²) in [6, 6.07) is 26.4. The number of amides is 1. The van der Waals surface area contributed by atoms with Gasteiger partial charge in [-0.1, -0.05) is 48.5 Å². The first-order valence-electron chi connectivity index (χ1n) is 11.3. The molecule has 0 spiro atoms. The van der Waals surface area contributed by atoms with Crippen molar-refractivity contribution in [2.75, 3.05) is 38.5 Å². The number of piperazine rings is 1. The van der Waals surface area contributed by atoms with Crippen molar-refractivity contribution in [1.82, 2.24) is 14.5 Å². The molecule has 0 bridgehead atoms. The molecule has 3 aromatic rings. The molecule has 1 amide bonds. The third-order valence-electron chi connectivity index (χ3n) is 5.73. The highest BCUT2D eigenvalue weighted by Crippen LogP contribution is 2.19. The average Bonchev–Trinajstić information content (AvgIpc) is 2.88. The van der Waals surface area contributed by atoms with Crippen LogP contribution in [-0.4, -0.2) is 62.0 Å². The highest BCUT2D eigenvalue weighted by Gasteiger charge is 2.28. The number of sulfonamides is 1. The Hall–Kier alpha value is -2.65. The third kappa shape index (κ3) is 6.48. The Morgan fingerprint density at radius 3 is 2.09 bits per heavy atom. The van der Waals surface area contributed by atoms with Gasteiger partial charge in [-0.15, -0.1) is 11.8 Å². The second-order valence-electron chi connectivity index (χ2n) is 8.11. The minimum Gasteiger partial charge on any atom is -0.351 e. The molecule has 0 unspecified atom stereocenters. The molecule has 0 radical (unpaired) electrons. The summed E-state index contributed by atoms with van der Waals surface area (Å²) in [7, 11) is -3.44. The summed E-state index contributed by atoms with van der Waals surface area (Å²) in [5.41, 5.74) is 1.75. The summed E-state index contributed by atoms with van der Waals surface area (Å²) in [6.07, 6.45) is 0. The maximum atomic E-state index is 12.8. The Labute approximate surface area is 206 Å². The van der Waals surface area contributed by atoms with Crippen molar-refractivity contribution in [1.29, 1.82) is 0 Å². The molecule has 1 aliphatic heterocycles. The minimum absolute atomic E-state index is 0.0695. The molecule has 1 fully saturated rings. The van der Waals surface area contributed by atoms with Gasteiger partial charge in [0.1, 0.15) is 0 Å². The zero-order chi connectivity index (χ0) is 23.8. The van der Waals surface area contributed by atoms with E-state index in [0.29, 0.717) is 43.2 Å². The first-order chi connectivity index (χ1) is 16.5. The van der Waals surface area contributed by atoms with Crippen LogP contribution in [0.5, 0.6) is 0 Å². The van der Waals surface area contributed by atoms with Gasteiger partial charge >= 0.3 is 0 Å². The van der Waals surface area contributed by atoms with Crippen molar-refractivity contribution < 1.29 is 13.2 Å². The van der Waals surface area contributed by atoms with Crippen LogP contribution in [0, 0.1) is 0 Å². The summed E-state index contributed by atoms with van der Waals surface area (Å²) in [6.45, 7) is 3.63. The van der Waals surface area contributed by atoms with Crippen molar-refractivity contribution in [2.45, 2.75) is 16.3 Å². The molecule has 0 aromatic heterocycles. The van der Waals surface area contributed by atoms with Crippen molar-refractivity contribution in [2.24, 2.45) is 0 Å². The van der Waals surface area contributed by atoms with E-state index in [-0.39, 0.29) is 5.91 Å². The molecule has 1 aliphatic rings. The Kier molecular flexibility index (Phi) is 8.39. The second kappa shape index (κ2) is 11.7. The predicted molar refractivity (Wildman–Crippen MR) is 136 cm³/mol. The van der Waals surface area contributed by atoms with E-state index in [9.17, 15) is 13.2 Å². The van der Waals surface area contributed by atoms with Crippen LogP contribution in [0.25, 0.3) is 0 Å². The van der Waals surface area contributed by atoms with Crippen molar-refractivity contribution in [3.05, 3.63) is 96.1 Å². The minimum atomic E-state index is -3.44. The number of nitrogens with zero attached hydrogens (tertiary/aromatic N) is 2. The van der Waals surface area contributed by atoms with Crippen LogP contribution in [0.4, 0.5) is 0 Å². The molecular formula is C26H29N3O3S2. The Bertz CT molecular complexity index is 1160. The molecule has 0 atom stereocenters. The zero-order valence-corrected chi connectivity index (χ0v) is 20.6. The average molecular weight is 496 g/mol. The highest BCUT2D eigenvalue weighted by atomic mass is 32.2. The van der Waals surface area contributed by atoms with Gasteiger partial charge < -0.3 is 5.32 Å². The van der Waals surface area contributed by atoms with Crippen molar-refractivity contribution in [3.63, 3.8) is 0 Å². The fourth-order valence-electron chi connectivity index (χ4n) is 3.84. The first-order valence-corrected chi connectivity index (χ1v) is 13.8. The second-order valence-corrected chi connectivity index (χ2v) is 11.2. The van der Waals surface area contributed by atoms with Gasteiger partial charge in [-0.3, -0.25) is 9.69 Å². The molecule has 1 saturated heterocycles. The van der Waals surface area contributed by atoms with Gasteiger partial charge in [-0.25, -0.2) is 8.42 Å². The number of thioether (sulfide) groups is 1. The van der Waals surface area contributed by atoms with Crippen LogP contribution in [0.15, 0.2) is 94.7 Å². The van der Waals surface area contributed by atoms with Crippen LogP contribution in [0.3, 0.4) is 0 Å². The number of hydrogen-bond acceptors (Lipinski definition) is 5. The number of rotatable bonds is 9. The van der Waals surface area contributed by atoms with E-state index in [1.807, 2.05) is 48.5 Å². The smallest absolute Gasteiger partial charge is 0.251 e. The van der Waals surface area contributed by atoms with Gasteiger partial charge in [0.2, 0.25) is 10.0 Å². The molecule has 1 N–H and O–H groups in total. The topological polar surface area (TPSA) is 69.7 Å². The van der Waals surface area contributed by atoms with Crippen LogP contribution < -0.4 is 5.32 Å². The van der Waals surface area contributed by atoms with Crippen molar-refractivity contribution >= 4 is 27.7 Å². The van der Waals surface area contributed by atoms with E-state index in [2.05, 4.69) is 22.3 Å². The maximum Gasteiger partial charge on any atom is 0.251 e. The largest absolute Gasteiger partial charge is 0.351 e. The van der Waals surface area contributed by atoms with E-state index in [4.69, 9.17) is 0 Å². The standard InChI is InChI=1S/C26H29N3O3S2/c30-26(27-15-20-33-24-7-3-1-4-8-24)23-13-11-22(12-14-23)21-28-16-18-29(19-17-28)34(31,32)25-9-5-2-6-10-25/h1-14H,15-21H2,(H,27,30). The fraction of sp³-hybridized carbons (Fsp3) is 0.269. The molecular weight excluding hydrogens is 466 g/mol. The van der Waals surface area contributed by atoms with E-state index in [0.717, 1.165) is 17.9 Å². The highest BCUT2D eigenvalue weighted by molar-refractivity contribution is 7.99. The lowest BCUT2D eigenvalue weighted by Gasteiger charge is -2.34. The number of benzene rings is 3. The Balaban J connectivity index is 1.21. The predicted octanol–water partition coefficient (Wildman–Crippen LogP) is 3.72. The maximum absolute atomic E-state index is 12.8. The van der Waals surface area contributed by atoms with Crippen LogP contribution in [0.2, 0.25) is 0 Å².